The highest BCUT2D eigenvalue weighted by Gasteiger charge is 2.65. The Morgan fingerprint density at radius 3 is 2.50 bits per heavy atom. The smallest absolute Gasteiger partial charge is 0.217 e. The van der Waals surface area contributed by atoms with Gasteiger partial charge in [-0.3, -0.25) is 15.1 Å². The van der Waals surface area contributed by atoms with Gasteiger partial charge in [-0.2, -0.15) is 0 Å². The van der Waals surface area contributed by atoms with Crippen molar-refractivity contribution < 1.29 is 4.92 Å². The summed E-state index contributed by atoms with van der Waals surface area (Å²) < 4.78 is 0. The molecule has 1 heterocycles. The van der Waals surface area contributed by atoms with Crippen molar-refractivity contribution in [2.24, 2.45) is 11.8 Å². The van der Waals surface area contributed by atoms with Gasteiger partial charge in [0.25, 0.3) is 0 Å². The Hall–Kier alpha value is -2.23. The average molecular weight is 294 g/mol. The van der Waals surface area contributed by atoms with Crippen LogP contribution in [0.4, 0.5) is 0 Å². The lowest BCUT2D eigenvalue weighted by Gasteiger charge is -2.34. The first kappa shape index (κ1) is 13.4. The predicted octanol–water partition coefficient (Wildman–Crippen LogP) is 3.44. The fourth-order valence-electron chi connectivity index (χ4n) is 4.95. The minimum absolute atomic E-state index is 0.0461. The van der Waals surface area contributed by atoms with Crippen molar-refractivity contribution in [3.05, 3.63) is 76.1 Å². The molecule has 0 N–H and O–H groups in total. The van der Waals surface area contributed by atoms with Gasteiger partial charge >= 0.3 is 0 Å². The van der Waals surface area contributed by atoms with Gasteiger partial charge in [-0.15, -0.1) is 0 Å². The average Bonchev–Trinajstić information content (AvgIpc) is 3.10. The molecule has 4 atom stereocenters. The number of fused-ring (bicyclic) bond motifs is 2. The fraction of sp³-hybridized carbons (Fsp3) is 0.389. The minimum Gasteiger partial charge on any atom is -0.264 e. The van der Waals surface area contributed by atoms with Gasteiger partial charge in [-0.1, -0.05) is 36.4 Å². The van der Waals surface area contributed by atoms with Gasteiger partial charge in [0.15, 0.2) is 0 Å². The quantitative estimate of drug-likeness (QED) is 0.643. The van der Waals surface area contributed by atoms with Crippen LogP contribution < -0.4 is 0 Å². The van der Waals surface area contributed by atoms with E-state index in [0.717, 1.165) is 18.5 Å². The van der Waals surface area contributed by atoms with E-state index in [-0.39, 0.29) is 16.3 Å². The van der Waals surface area contributed by atoms with Gasteiger partial charge in [-0.05, 0) is 36.5 Å². The lowest BCUT2D eigenvalue weighted by molar-refractivity contribution is -0.531. The van der Waals surface area contributed by atoms with Crippen LogP contribution in [0, 0.1) is 22.0 Å². The van der Waals surface area contributed by atoms with Crippen LogP contribution in [0.3, 0.4) is 0 Å². The van der Waals surface area contributed by atoms with Crippen LogP contribution >= 0.6 is 0 Å². The highest BCUT2D eigenvalue weighted by Crippen LogP contribution is 2.62. The highest BCUT2D eigenvalue weighted by atomic mass is 16.6. The summed E-state index contributed by atoms with van der Waals surface area (Å²) in [6, 6.07) is 15.8. The first-order valence-electron chi connectivity index (χ1n) is 7.85. The Morgan fingerprint density at radius 1 is 1.09 bits per heavy atom. The normalized spacial score (nSPS) is 33.0. The van der Waals surface area contributed by atoms with Crippen molar-refractivity contribution in [1.82, 2.24) is 4.98 Å². The number of benzene rings is 1. The predicted molar refractivity (Wildman–Crippen MR) is 83.1 cm³/mol. The molecule has 1 aromatic carbocycles. The number of nitrogens with zero attached hydrogens (tertiary/aromatic N) is 2. The third-order valence-electron chi connectivity index (χ3n) is 5.66. The van der Waals surface area contributed by atoms with Crippen molar-refractivity contribution in [3.8, 4) is 0 Å². The zero-order valence-electron chi connectivity index (χ0n) is 12.3. The van der Waals surface area contributed by atoms with E-state index in [0.29, 0.717) is 12.3 Å². The summed E-state index contributed by atoms with van der Waals surface area (Å²) in [5.41, 5.74) is 1.89. The molecule has 2 aliphatic rings. The lowest BCUT2D eigenvalue weighted by Crippen LogP contribution is -2.37. The Labute approximate surface area is 129 Å². The Balaban J connectivity index is 1.94. The summed E-state index contributed by atoms with van der Waals surface area (Å²) in [5, 5.41) is 11.5. The van der Waals surface area contributed by atoms with Crippen LogP contribution in [-0.4, -0.2) is 15.9 Å². The van der Waals surface area contributed by atoms with E-state index in [9.17, 15) is 10.1 Å². The molecule has 1 aromatic heterocycles. The molecule has 0 aliphatic heterocycles. The van der Waals surface area contributed by atoms with Crippen molar-refractivity contribution in [3.63, 3.8) is 0 Å². The van der Waals surface area contributed by atoms with E-state index >= 15 is 0 Å². The molecule has 0 saturated heterocycles. The molecule has 0 radical (unpaired) electrons. The molecule has 2 aromatic rings. The van der Waals surface area contributed by atoms with Gasteiger partial charge in [-0.25, -0.2) is 0 Å². The maximum atomic E-state index is 11.5. The highest BCUT2D eigenvalue weighted by molar-refractivity contribution is 5.42. The molecular formula is C18H18N2O2. The number of pyridine rings is 1. The Morgan fingerprint density at radius 2 is 1.86 bits per heavy atom. The van der Waals surface area contributed by atoms with E-state index < -0.39 is 6.04 Å². The molecule has 4 rings (SSSR count). The topological polar surface area (TPSA) is 56.0 Å². The molecule has 4 nitrogen and oxygen atoms in total. The summed E-state index contributed by atoms with van der Waals surface area (Å²) in [7, 11) is 0. The summed E-state index contributed by atoms with van der Waals surface area (Å²) in [5.74, 6) is 0.356. The van der Waals surface area contributed by atoms with E-state index in [1.807, 2.05) is 36.4 Å². The second kappa shape index (κ2) is 4.90. The van der Waals surface area contributed by atoms with Crippen LogP contribution in [0.15, 0.2) is 54.7 Å². The van der Waals surface area contributed by atoms with Crippen molar-refractivity contribution in [2.75, 3.05) is 0 Å². The molecule has 0 unspecified atom stereocenters. The number of hydrogen-bond donors (Lipinski definition) is 0. The van der Waals surface area contributed by atoms with Crippen molar-refractivity contribution in [2.45, 2.75) is 30.7 Å². The summed E-state index contributed by atoms with van der Waals surface area (Å²) in [6.45, 7) is 0. The number of aromatic nitrogens is 1. The van der Waals surface area contributed by atoms with E-state index in [1.165, 1.54) is 5.56 Å². The fourth-order valence-corrected chi connectivity index (χ4v) is 4.95. The lowest BCUT2D eigenvalue weighted by atomic mass is 9.69. The Kier molecular flexibility index (Phi) is 2.99. The van der Waals surface area contributed by atoms with Crippen LogP contribution in [0.25, 0.3) is 0 Å². The third kappa shape index (κ3) is 1.67. The molecule has 0 spiro atoms. The van der Waals surface area contributed by atoms with Crippen molar-refractivity contribution >= 4 is 0 Å². The first-order valence-corrected chi connectivity index (χ1v) is 7.85. The van der Waals surface area contributed by atoms with E-state index in [1.54, 1.807) is 6.20 Å². The zero-order valence-corrected chi connectivity index (χ0v) is 12.3. The maximum Gasteiger partial charge on any atom is 0.217 e. The van der Waals surface area contributed by atoms with Gasteiger partial charge in [0.1, 0.15) is 0 Å². The zero-order chi connectivity index (χ0) is 15.2. The van der Waals surface area contributed by atoms with Crippen LogP contribution in [0.1, 0.15) is 30.5 Å². The maximum absolute atomic E-state index is 11.5. The van der Waals surface area contributed by atoms with Crippen LogP contribution in [0.5, 0.6) is 0 Å². The van der Waals surface area contributed by atoms with Gasteiger partial charge in [0.05, 0.1) is 5.69 Å². The Bertz CT molecular complexity index is 647. The molecular weight excluding hydrogens is 276 g/mol. The number of nitro groups is 1. The monoisotopic (exact) mass is 294 g/mol. The van der Waals surface area contributed by atoms with Crippen molar-refractivity contribution in [1.29, 1.82) is 0 Å². The molecule has 22 heavy (non-hydrogen) atoms. The van der Waals surface area contributed by atoms with Gasteiger partial charge in [0, 0.05) is 28.9 Å². The van der Waals surface area contributed by atoms with Crippen LogP contribution in [0.2, 0.25) is 0 Å². The molecule has 112 valence electrons. The van der Waals surface area contributed by atoms with Crippen LogP contribution in [-0.2, 0) is 5.41 Å². The summed E-state index contributed by atoms with van der Waals surface area (Å²) in [6.07, 6.45) is 4.45. The molecule has 4 heteroatoms. The van der Waals surface area contributed by atoms with Gasteiger partial charge < -0.3 is 0 Å². The molecule has 0 amide bonds. The molecule has 2 aliphatic carbocycles. The first-order chi connectivity index (χ1) is 10.7. The minimum atomic E-state index is -0.444. The van der Waals surface area contributed by atoms with E-state index in [2.05, 4.69) is 17.1 Å². The van der Waals surface area contributed by atoms with Gasteiger partial charge in [0.2, 0.25) is 6.04 Å². The summed E-state index contributed by atoms with van der Waals surface area (Å²) in [4.78, 5) is 16.1. The number of rotatable bonds is 3. The number of hydrogen-bond acceptors (Lipinski definition) is 3. The largest absolute Gasteiger partial charge is 0.264 e. The van der Waals surface area contributed by atoms with E-state index in [4.69, 9.17) is 0 Å². The molecule has 2 bridgehead atoms. The SMILES string of the molecule is O=[N+]([O-])[C@H]1C[C@H]2CC[C@@H]1[C@]2(c1ccccc1)c1ccccn1. The molecule has 2 saturated carbocycles. The second-order valence-corrected chi connectivity index (χ2v) is 6.42. The second-order valence-electron chi connectivity index (χ2n) is 6.42. The third-order valence-corrected chi connectivity index (χ3v) is 5.66. The standard InChI is InChI=1S/C18H18N2O2/c21-20(22)16-12-14-9-10-15(16)18(14,13-6-2-1-3-7-13)17-8-4-5-11-19-17/h1-8,11,14-16H,9-10,12H2/t14-,15+,16+,18-/m1/s1. The summed E-state index contributed by atoms with van der Waals surface area (Å²) >= 11 is 0. The molecule has 2 fully saturated rings.